The first kappa shape index (κ1) is 12.5. The molecule has 0 saturated heterocycles. The first-order chi connectivity index (χ1) is 8.43. The quantitative estimate of drug-likeness (QED) is 0.604. The van der Waals surface area contributed by atoms with Crippen LogP contribution in [0.2, 0.25) is 0 Å². The third-order valence-electron chi connectivity index (χ3n) is 2.64. The number of benzene rings is 1. The summed E-state index contributed by atoms with van der Waals surface area (Å²) in [6.45, 7) is 2.37. The Morgan fingerprint density at radius 3 is 2.39 bits per heavy atom. The number of hydrogen-bond donors (Lipinski definition) is 0. The summed E-state index contributed by atoms with van der Waals surface area (Å²) in [5.74, 6) is 0.438. The van der Waals surface area contributed by atoms with Crippen LogP contribution in [0.25, 0.3) is 0 Å². The highest BCUT2D eigenvalue weighted by Crippen LogP contribution is 2.21. The molecule has 0 unspecified atom stereocenters. The third kappa shape index (κ3) is 2.06. The molecule has 0 bridgehead atoms. The number of nitro benzene ring substituents is 1. The van der Waals surface area contributed by atoms with E-state index in [1.165, 1.54) is 28.6 Å². The van der Waals surface area contributed by atoms with Crippen molar-refractivity contribution < 1.29 is 13.3 Å². The van der Waals surface area contributed by atoms with E-state index in [1.807, 2.05) is 0 Å². The molecule has 0 saturated carbocycles. The number of non-ortho nitro benzene ring substituents is 1. The zero-order chi connectivity index (χ0) is 13.3. The van der Waals surface area contributed by atoms with E-state index in [0.29, 0.717) is 18.9 Å². The van der Waals surface area contributed by atoms with Gasteiger partial charge in [0.15, 0.2) is 0 Å². The third-order valence-corrected chi connectivity index (χ3v) is 4.54. The highest BCUT2D eigenvalue weighted by molar-refractivity contribution is 7.89. The van der Waals surface area contributed by atoms with Gasteiger partial charge in [-0.15, -0.1) is 0 Å². The molecule has 1 aromatic rings. The fourth-order valence-corrected chi connectivity index (χ4v) is 3.17. The molecule has 0 amide bonds. The predicted molar refractivity (Wildman–Crippen MR) is 65.0 cm³/mol. The maximum Gasteiger partial charge on any atom is 0.269 e. The minimum absolute atomic E-state index is 0.0320. The largest absolute Gasteiger partial charge is 0.270 e. The first-order valence-corrected chi connectivity index (χ1v) is 6.65. The average molecular weight is 269 g/mol. The molecule has 18 heavy (non-hydrogen) atoms. The maximum atomic E-state index is 12.2. The van der Waals surface area contributed by atoms with Crippen molar-refractivity contribution in [2.45, 2.75) is 11.8 Å². The van der Waals surface area contributed by atoms with Crippen LogP contribution < -0.4 is 0 Å². The Kier molecular flexibility index (Phi) is 3.04. The fraction of sp³-hybridized carbons (Fsp3) is 0.300. The normalized spacial score (nSPS) is 15.6. The van der Waals surface area contributed by atoms with Gasteiger partial charge in [-0.1, -0.05) is 0 Å². The summed E-state index contributed by atoms with van der Waals surface area (Å²) in [4.78, 5) is 14.0. The van der Waals surface area contributed by atoms with Crippen LogP contribution in [0.15, 0.2) is 34.2 Å². The Morgan fingerprint density at radius 2 is 1.94 bits per heavy atom. The Hall–Kier alpha value is -1.96. The van der Waals surface area contributed by atoms with Gasteiger partial charge in [-0.05, 0) is 19.1 Å². The Bertz CT molecular complexity index is 607. The molecule has 0 atom stereocenters. The van der Waals surface area contributed by atoms with Crippen molar-refractivity contribution in [3.8, 4) is 0 Å². The average Bonchev–Trinajstić information content (AvgIpc) is 2.76. The van der Waals surface area contributed by atoms with Crippen molar-refractivity contribution in [3.63, 3.8) is 0 Å². The summed E-state index contributed by atoms with van der Waals surface area (Å²) >= 11 is 0. The van der Waals surface area contributed by atoms with Gasteiger partial charge in [0.2, 0.25) is 0 Å². The molecular weight excluding hydrogens is 258 g/mol. The molecule has 2 rings (SSSR count). The number of nitrogens with zero attached hydrogens (tertiary/aromatic N) is 3. The van der Waals surface area contributed by atoms with Crippen molar-refractivity contribution in [1.82, 2.24) is 4.31 Å². The van der Waals surface area contributed by atoms with Crippen molar-refractivity contribution >= 4 is 21.5 Å². The monoisotopic (exact) mass is 269 g/mol. The topological polar surface area (TPSA) is 92.9 Å². The van der Waals surface area contributed by atoms with Gasteiger partial charge in [-0.2, -0.15) is 0 Å². The molecule has 1 aliphatic heterocycles. The van der Waals surface area contributed by atoms with Crippen molar-refractivity contribution in [1.29, 1.82) is 0 Å². The minimum atomic E-state index is -3.65. The van der Waals surface area contributed by atoms with E-state index in [0.717, 1.165) is 0 Å². The second-order valence-electron chi connectivity index (χ2n) is 3.76. The van der Waals surface area contributed by atoms with Crippen LogP contribution in [0.3, 0.4) is 0 Å². The van der Waals surface area contributed by atoms with E-state index in [-0.39, 0.29) is 10.6 Å². The molecule has 8 heteroatoms. The van der Waals surface area contributed by atoms with Gasteiger partial charge in [-0.3, -0.25) is 19.4 Å². The molecule has 0 spiro atoms. The van der Waals surface area contributed by atoms with Gasteiger partial charge in [-0.25, -0.2) is 8.42 Å². The lowest BCUT2D eigenvalue weighted by Gasteiger charge is -2.17. The lowest BCUT2D eigenvalue weighted by molar-refractivity contribution is -0.384. The fourth-order valence-electron chi connectivity index (χ4n) is 1.70. The number of amidine groups is 1. The van der Waals surface area contributed by atoms with Crippen LogP contribution in [-0.2, 0) is 10.0 Å². The lowest BCUT2D eigenvalue weighted by Crippen LogP contribution is -2.32. The maximum absolute atomic E-state index is 12.2. The summed E-state index contributed by atoms with van der Waals surface area (Å²) in [5.41, 5.74) is -0.138. The molecule has 1 aromatic carbocycles. The highest BCUT2D eigenvalue weighted by atomic mass is 32.2. The molecule has 96 valence electrons. The van der Waals surface area contributed by atoms with Gasteiger partial charge >= 0.3 is 0 Å². The molecular formula is C10H11N3O4S. The summed E-state index contributed by atoms with van der Waals surface area (Å²) < 4.78 is 25.6. The SMILES string of the molecule is CC1=NCCN1S(=O)(=O)c1ccc([N+](=O)[O-])cc1. The second-order valence-corrected chi connectivity index (χ2v) is 5.62. The molecule has 0 fully saturated rings. The van der Waals surface area contributed by atoms with Gasteiger partial charge in [0.1, 0.15) is 5.84 Å². The minimum Gasteiger partial charge on any atom is -0.270 e. The van der Waals surface area contributed by atoms with E-state index in [4.69, 9.17) is 0 Å². The Balaban J connectivity index is 2.36. The molecule has 0 N–H and O–H groups in total. The van der Waals surface area contributed by atoms with E-state index in [1.54, 1.807) is 6.92 Å². The van der Waals surface area contributed by atoms with Crippen LogP contribution in [0.4, 0.5) is 5.69 Å². The van der Waals surface area contributed by atoms with Gasteiger partial charge in [0.05, 0.1) is 22.9 Å². The first-order valence-electron chi connectivity index (χ1n) is 5.21. The molecule has 0 aromatic heterocycles. The van der Waals surface area contributed by atoms with Crippen molar-refractivity contribution in [2.75, 3.05) is 13.1 Å². The summed E-state index contributed by atoms with van der Waals surface area (Å²) in [6.07, 6.45) is 0. The predicted octanol–water partition coefficient (Wildman–Crippen LogP) is 1.02. The second kappa shape index (κ2) is 4.37. The molecule has 7 nitrogen and oxygen atoms in total. The smallest absolute Gasteiger partial charge is 0.269 e. The number of sulfonamides is 1. The van der Waals surface area contributed by atoms with E-state index in [2.05, 4.69) is 4.99 Å². The summed E-state index contributed by atoms with van der Waals surface area (Å²) in [5, 5.41) is 10.5. The standard InChI is InChI=1S/C10H11N3O4S/c1-8-11-6-7-12(8)18(16,17)10-4-2-9(3-5-10)13(14)15/h2-5H,6-7H2,1H3. The Labute approximate surface area is 104 Å². The number of aliphatic imine (C=N–C) groups is 1. The van der Waals surface area contributed by atoms with E-state index >= 15 is 0 Å². The van der Waals surface area contributed by atoms with Crippen LogP contribution in [0, 0.1) is 10.1 Å². The van der Waals surface area contributed by atoms with Gasteiger partial charge in [0, 0.05) is 12.1 Å². The molecule has 1 aliphatic rings. The van der Waals surface area contributed by atoms with Crippen LogP contribution in [-0.4, -0.2) is 36.6 Å². The van der Waals surface area contributed by atoms with E-state index in [9.17, 15) is 18.5 Å². The Morgan fingerprint density at radius 1 is 1.33 bits per heavy atom. The molecule has 1 heterocycles. The number of nitro groups is 1. The molecule has 0 aliphatic carbocycles. The van der Waals surface area contributed by atoms with Crippen LogP contribution in [0.1, 0.15) is 6.92 Å². The van der Waals surface area contributed by atoms with Crippen LogP contribution >= 0.6 is 0 Å². The number of hydrogen-bond acceptors (Lipinski definition) is 5. The van der Waals surface area contributed by atoms with E-state index < -0.39 is 14.9 Å². The van der Waals surface area contributed by atoms with Crippen molar-refractivity contribution in [2.24, 2.45) is 4.99 Å². The number of rotatable bonds is 3. The summed E-state index contributed by atoms with van der Waals surface area (Å²) in [6, 6.07) is 4.82. The zero-order valence-corrected chi connectivity index (χ0v) is 10.4. The van der Waals surface area contributed by atoms with Gasteiger partial charge in [0.25, 0.3) is 15.7 Å². The van der Waals surface area contributed by atoms with Gasteiger partial charge < -0.3 is 0 Å². The van der Waals surface area contributed by atoms with Crippen molar-refractivity contribution in [3.05, 3.63) is 34.4 Å². The molecule has 0 radical (unpaired) electrons. The lowest BCUT2D eigenvalue weighted by atomic mass is 10.3. The van der Waals surface area contributed by atoms with Crippen LogP contribution in [0.5, 0.6) is 0 Å². The highest BCUT2D eigenvalue weighted by Gasteiger charge is 2.28. The zero-order valence-electron chi connectivity index (χ0n) is 9.61. The summed E-state index contributed by atoms with van der Waals surface area (Å²) in [7, 11) is -3.65.